The van der Waals surface area contributed by atoms with Crippen molar-refractivity contribution in [1.29, 1.82) is 0 Å². The molecule has 0 saturated heterocycles. The number of halogens is 8. The van der Waals surface area contributed by atoms with Crippen molar-refractivity contribution >= 4 is 46.0 Å². The van der Waals surface area contributed by atoms with Crippen LogP contribution in [0.4, 0.5) is 22.0 Å². The third-order valence-corrected chi connectivity index (χ3v) is 4.57. The lowest BCUT2D eigenvalue weighted by Gasteiger charge is -2.13. The maximum atomic E-state index is 12.8. The fourth-order valence-corrected chi connectivity index (χ4v) is 3.13. The van der Waals surface area contributed by atoms with E-state index in [9.17, 15) is 26.5 Å². The molecule has 0 spiro atoms. The van der Waals surface area contributed by atoms with Crippen LogP contribution in [0.1, 0.15) is 5.56 Å². The maximum absolute atomic E-state index is 12.8. The van der Waals surface area contributed by atoms with Gasteiger partial charge in [0.05, 0.1) is 38.7 Å². The largest absolute Gasteiger partial charge is 0.604 e. The van der Waals surface area contributed by atoms with Crippen LogP contribution in [-0.4, -0.2) is 18.8 Å². The van der Waals surface area contributed by atoms with Gasteiger partial charge < -0.3 is 4.55 Å². The first-order valence-electron chi connectivity index (χ1n) is 5.50. The zero-order chi connectivity index (χ0) is 17.6. The van der Waals surface area contributed by atoms with Crippen molar-refractivity contribution in [2.45, 2.75) is 15.9 Å². The second-order valence-electron chi connectivity index (χ2n) is 4.12. The summed E-state index contributed by atoms with van der Waals surface area (Å²) >= 11 is 13.2. The minimum Gasteiger partial charge on any atom is -0.604 e. The fraction of sp³-hybridized carbons (Fsp3) is 0.182. The molecule has 1 atom stereocenters. The first kappa shape index (κ1) is 18.6. The molecular formula is C11H4Cl3F5N2OS. The van der Waals surface area contributed by atoms with Gasteiger partial charge in [0.2, 0.25) is 0 Å². The van der Waals surface area contributed by atoms with Crippen LogP contribution in [-0.2, 0) is 17.4 Å². The highest BCUT2D eigenvalue weighted by molar-refractivity contribution is 7.93. The van der Waals surface area contributed by atoms with Crippen LogP contribution < -0.4 is 0 Å². The molecule has 23 heavy (non-hydrogen) atoms. The fourth-order valence-electron chi connectivity index (χ4n) is 1.62. The molecule has 1 aromatic carbocycles. The number of rotatable bonds is 3. The Hall–Kier alpha value is -0.740. The van der Waals surface area contributed by atoms with E-state index in [2.05, 4.69) is 16.6 Å². The molecule has 0 aliphatic rings. The van der Waals surface area contributed by atoms with E-state index in [1.807, 2.05) is 0 Å². The molecule has 12 heteroatoms. The molecule has 0 bridgehead atoms. The number of hydrogen-bond acceptors (Lipinski definition) is 2. The van der Waals surface area contributed by atoms with E-state index < -0.39 is 42.7 Å². The Morgan fingerprint density at radius 2 is 1.61 bits per heavy atom. The summed E-state index contributed by atoms with van der Waals surface area (Å²) in [5.41, 5.74) is -1.21. The summed E-state index contributed by atoms with van der Waals surface area (Å²) in [5, 5.41) is -1.37. The van der Waals surface area contributed by atoms with Gasteiger partial charge in [-0.15, -0.1) is 8.78 Å². The molecule has 0 radical (unpaired) electrons. The quantitative estimate of drug-likeness (QED) is 0.399. The molecule has 0 aliphatic carbocycles. The first-order chi connectivity index (χ1) is 10.4. The number of benzene rings is 1. The van der Waals surface area contributed by atoms with Crippen molar-refractivity contribution in [2.75, 3.05) is 0 Å². The number of imidazole rings is 1. The van der Waals surface area contributed by atoms with E-state index in [-0.39, 0.29) is 5.69 Å². The standard InChI is InChI=1S/C11H4Cl3F5N2OS/c12-6-1-5(10(15,16)17)2-7(13)9(6)21-3-8(20-4-21)23(22)11(14,18)19/h1-4H. The Bertz CT molecular complexity index is 708. The number of hydrogen-bond donors (Lipinski definition) is 0. The van der Waals surface area contributed by atoms with E-state index in [0.717, 1.165) is 17.1 Å². The summed E-state index contributed by atoms with van der Waals surface area (Å²) in [6.45, 7) is 0. The maximum Gasteiger partial charge on any atom is 0.498 e. The van der Waals surface area contributed by atoms with Gasteiger partial charge >= 0.3 is 10.9 Å². The van der Waals surface area contributed by atoms with E-state index >= 15 is 0 Å². The summed E-state index contributed by atoms with van der Waals surface area (Å²) in [6, 6.07) is 1.24. The van der Waals surface area contributed by atoms with Gasteiger partial charge in [-0.25, -0.2) is 0 Å². The smallest absolute Gasteiger partial charge is 0.498 e. The minimum atomic E-state index is -4.66. The molecule has 3 nitrogen and oxygen atoms in total. The summed E-state index contributed by atoms with van der Waals surface area (Å²) in [5.74, 6) is 0. The van der Waals surface area contributed by atoms with Gasteiger partial charge in [0, 0.05) is 11.6 Å². The molecule has 1 aromatic heterocycles. The van der Waals surface area contributed by atoms with Crippen molar-refractivity contribution in [2.24, 2.45) is 0 Å². The van der Waals surface area contributed by atoms with E-state index in [0.29, 0.717) is 12.1 Å². The molecule has 126 valence electrons. The zero-order valence-corrected chi connectivity index (χ0v) is 13.6. The number of nitrogens with zero attached hydrogens (tertiary/aromatic N) is 2. The Balaban J connectivity index is 2.46. The van der Waals surface area contributed by atoms with Crippen LogP contribution in [0.3, 0.4) is 0 Å². The highest BCUT2D eigenvalue weighted by Crippen LogP contribution is 2.38. The lowest BCUT2D eigenvalue weighted by molar-refractivity contribution is -0.137. The number of aromatic nitrogens is 2. The van der Waals surface area contributed by atoms with Crippen molar-refractivity contribution in [3.8, 4) is 5.69 Å². The first-order valence-corrected chi connectivity index (χ1v) is 7.79. The molecule has 1 unspecified atom stereocenters. The van der Waals surface area contributed by atoms with Crippen molar-refractivity contribution in [1.82, 2.24) is 9.55 Å². The van der Waals surface area contributed by atoms with Gasteiger partial charge in [0.15, 0.2) is 0 Å². The second kappa shape index (κ2) is 6.29. The Kier molecular flexibility index (Phi) is 5.08. The summed E-state index contributed by atoms with van der Waals surface area (Å²) < 4.78 is 71.9. The molecule has 0 fully saturated rings. The van der Waals surface area contributed by atoms with Crippen LogP contribution >= 0.6 is 34.8 Å². The highest BCUT2D eigenvalue weighted by Gasteiger charge is 2.44. The van der Waals surface area contributed by atoms with Gasteiger partial charge in [-0.3, -0.25) is 4.57 Å². The molecule has 0 aliphatic heterocycles. The molecule has 2 rings (SSSR count). The van der Waals surface area contributed by atoms with Gasteiger partial charge in [0.1, 0.15) is 6.33 Å². The lowest BCUT2D eigenvalue weighted by Crippen LogP contribution is -2.22. The lowest BCUT2D eigenvalue weighted by atomic mass is 10.2. The molecular weight excluding hydrogens is 410 g/mol. The van der Waals surface area contributed by atoms with Crippen molar-refractivity contribution in [3.63, 3.8) is 0 Å². The summed E-state index contributed by atoms with van der Waals surface area (Å²) in [6.07, 6.45) is -2.85. The normalized spacial score (nSPS) is 14.1. The topological polar surface area (TPSA) is 40.9 Å². The average Bonchev–Trinajstić information content (AvgIpc) is 2.84. The summed E-state index contributed by atoms with van der Waals surface area (Å²) in [4.78, 5) is 3.47. The van der Waals surface area contributed by atoms with Crippen molar-refractivity contribution in [3.05, 3.63) is 40.3 Å². The Morgan fingerprint density at radius 3 is 2.04 bits per heavy atom. The van der Waals surface area contributed by atoms with Gasteiger partial charge in [-0.2, -0.15) is 18.2 Å². The molecule has 2 aromatic rings. The van der Waals surface area contributed by atoms with E-state index in [1.54, 1.807) is 0 Å². The predicted molar refractivity (Wildman–Crippen MR) is 75.8 cm³/mol. The number of alkyl halides is 6. The van der Waals surface area contributed by atoms with E-state index in [4.69, 9.17) is 23.2 Å². The Labute approximate surface area is 144 Å². The Morgan fingerprint density at radius 1 is 1.09 bits per heavy atom. The monoisotopic (exact) mass is 412 g/mol. The molecule has 0 saturated carbocycles. The van der Waals surface area contributed by atoms with Gasteiger partial charge in [-0.1, -0.05) is 23.2 Å². The van der Waals surface area contributed by atoms with Crippen LogP contribution in [0.15, 0.2) is 29.7 Å². The van der Waals surface area contributed by atoms with Gasteiger partial charge in [-0.05, 0) is 12.1 Å². The third-order valence-electron chi connectivity index (χ3n) is 2.56. The molecule has 1 heterocycles. The van der Waals surface area contributed by atoms with Crippen molar-refractivity contribution < 1.29 is 26.5 Å². The SMILES string of the molecule is [O-][S+](c1cn(-c2c(Cl)cc(C(F)(F)F)cc2Cl)cn1)C(F)(F)Cl. The predicted octanol–water partition coefficient (Wildman–Crippen LogP) is 5.09. The van der Waals surface area contributed by atoms with Crippen LogP contribution in [0.5, 0.6) is 0 Å². The van der Waals surface area contributed by atoms with Gasteiger partial charge in [0.25, 0.3) is 5.03 Å². The minimum absolute atomic E-state index is 0.130. The van der Waals surface area contributed by atoms with Crippen LogP contribution in [0.2, 0.25) is 10.0 Å². The molecule has 0 amide bonds. The van der Waals surface area contributed by atoms with E-state index in [1.165, 1.54) is 0 Å². The summed E-state index contributed by atoms with van der Waals surface area (Å²) in [7, 11) is 0. The second-order valence-corrected chi connectivity index (χ2v) is 7.10. The molecule has 0 N–H and O–H groups in total. The van der Waals surface area contributed by atoms with Crippen LogP contribution in [0.25, 0.3) is 5.69 Å². The van der Waals surface area contributed by atoms with Crippen LogP contribution in [0, 0.1) is 0 Å². The third kappa shape index (κ3) is 4.03. The zero-order valence-electron chi connectivity index (χ0n) is 10.5. The highest BCUT2D eigenvalue weighted by atomic mass is 35.5. The average molecular weight is 414 g/mol.